The fourth-order valence-electron chi connectivity index (χ4n) is 8.80. The van der Waals surface area contributed by atoms with Crippen molar-refractivity contribution in [1.29, 1.82) is 0 Å². The third-order valence-corrected chi connectivity index (χ3v) is 32.4. The standard InChI is InChI=1S/2C9H18.2C8H16.8C4H9N.4CH3.4FH.4W/c1-9(2,3)8-6-4-5-7-8;1-2-3-6-9-7-4-5-8-9;1-7(2)8-5-3-4-6-8;1-2-5-8-6-3-4-7-8;8*1-4(2,3)5;;;;;;;;;;;;/h8H,4-7H2,1-3H3;9H,2-8H2,1H3;7-8H,3-6H2,1-2H3;8H,2-7H2,1H3;8*1-3H3;4*1H3;4*1H;;;;/q;;;;;;;;;;;;4*-1;;;;;4*+1/p-4. The van der Waals surface area contributed by atoms with Gasteiger partial charge in [0.2, 0.25) is 0 Å². The Morgan fingerprint density at radius 2 is 0.512 bits per heavy atom. The maximum Gasteiger partial charge on any atom is -0.0391 e. The summed E-state index contributed by atoms with van der Waals surface area (Å²) in [6.45, 7) is 62.1. The Morgan fingerprint density at radius 3 is 0.663 bits per heavy atom. The largest absolute Gasteiger partial charge is 0.358 e. The summed E-state index contributed by atoms with van der Waals surface area (Å²) >= 11 is -12.9. The van der Waals surface area contributed by atoms with Gasteiger partial charge in [-0.05, 0) is 47.8 Å². The molecule has 4 rings (SSSR count). The summed E-state index contributed by atoms with van der Waals surface area (Å²) in [5.41, 5.74) is -1.55. The van der Waals surface area contributed by atoms with Crippen LogP contribution in [0.3, 0.4) is 0 Å². The Hall–Kier alpha value is 0.873. The number of unbranched alkanes of at least 4 members (excludes halogenated alkanes) is 1. The summed E-state index contributed by atoms with van der Waals surface area (Å²) in [6, 6.07) is 0. The average molecular weight is 1920 g/mol. The number of halogens is 4. The van der Waals surface area contributed by atoms with Gasteiger partial charge in [0.05, 0.1) is 0 Å². The Kier molecular flexibility index (Phi) is 60.3. The normalized spacial score (nSPS) is 17.4. The minimum absolute atomic E-state index is 0. The second-order valence-electron chi connectivity index (χ2n) is 32.8. The molecular weight excluding hydrogens is 1760 g/mol. The molecule has 0 aromatic carbocycles. The quantitative estimate of drug-likeness (QED) is 0.187. The van der Waals surface area contributed by atoms with Crippen LogP contribution in [-0.4, -0.2) is 44.3 Å². The molecule has 4 aliphatic carbocycles. The monoisotopic (exact) mass is 1920 g/mol. The van der Waals surface area contributed by atoms with Crippen molar-refractivity contribution >= 4 is 0 Å². The van der Waals surface area contributed by atoms with E-state index in [9.17, 15) is 12.6 Å². The number of hydrogen-bond acceptors (Lipinski definition) is 8. The molecule has 86 heavy (non-hydrogen) atoms. The molecule has 0 aromatic heterocycles. The molecule has 0 N–H and O–H groups in total. The van der Waals surface area contributed by atoms with Crippen molar-refractivity contribution in [3.8, 4) is 0 Å². The second-order valence-corrected chi connectivity index (χ2v) is 44.4. The van der Waals surface area contributed by atoms with E-state index in [1.807, 2.05) is 166 Å². The number of rotatable bonds is 6. The molecule has 4 saturated carbocycles. The van der Waals surface area contributed by atoms with Crippen molar-refractivity contribution in [3.63, 3.8) is 0 Å². The molecule has 0 spiro atoms. The van der Waals surface area contributed by atoms with Crippen molar-refractivity contribution in [2.45, 2.75) is 394 Å². The molecule has 0 saturated heterocycles. The predicted octanol–water partition coefficient (Wildman–Crippen LogP) is 28.0. The fraction of sp³-hybridized carbons (Fsp3) is 0.943. The molecule has 0 bridgehead atoms. The van der Waals surface area contributed by atoms with E-state index < -0.39 is 69.9 Å². The summed E-state index contributed by atoms with van der Waals surface area (Å²) in [5.74, 6) is 5.25. The zero-order valence-corrected chi connectivity index (χ0v) is 75.7. The molecule has 528 valence electrons. The van der Waals surface area contributed by atoms with Crippen LogP contribution in [0.25, 0.3) is 0 Å². The first-order valence-corrected chi connectivity index (χ1v) is 47.1. The van der Waals surface area contributed by atoms with Crippen molar-refractivity contribution in [3.05, 3.63) is 29.7 Å². The van der Waals surface area contributed by atoms with Gasteiger partial charge in [-0.15, -0.1) is 0 Å². The van der Waals surface area contributed by atoms with Crippen molar-refractivity contribution in [1.82, 2.24) is 0 Å². The molecule has 0 radical (unpaired) electrons. The van der Waals surface area contributed by atoms with Crippen LogP contribution in [-0.2, 0) is 69.9 Å². The maximum atomic E-state index is 13.3. The molecule has 0 amide bonds. The van der Waals surface area contributed by atoms with Crippen LogP contribution in [0.4, 0.5) is 12.6 Å². The molecule has 0 aliphatic heterocycles. The van der Waals surface area contributed by atoms with Crippen molar-refractivity contribution in [2.24, 2.45) is 63.0 Å². The third-order valence-electron chi connectivity index (χ3n) is 12.3. The van der Waals surface area contributed by atoms with E-state index >= 15 is 0 Å². The van der Waals surface area contributed by atoms with Crippen molar-refractivity contribution in [2.75, 3.05) is 0 Å². The first kappa shape index (κ1) is 103. The fourth-order valence-corrected chi connectivity index (χ4v) is 22.4. The smallest absolute Gasteiger partial charge is 0.0391 e. The number of nitrogens with zero attached hydrogens (tertiary/aromatic N) is 8. The first-order chi connectivity index (χ1) is 36.7. The Bertz CT molecular complexity index is 1710. The summed E-state index contributed by atoms with van der Waals surface area (Å²) in [7, 11) is 0. The molecule has 4 fully saturated rings. The molecule has 16 heteroatoms. The molecular formula is C70H152F4N8W4-4. The molecule has 0 unspecified atom stereocenters. The zero-order valence-electron chi connectivity index (χ0n) is 64.0. The zero-order chi connectivity index (χ0) is 65.2. The van der Waals surface area contributed by atoms with Crippen LogP contribution in [0.15, 0.2) is 28.0 Å². The van der Waals surface area contributed by atoms with Crippen LogP contribution >= 0.6 is 0 Å². The first-order valence-electron chi connectivity index (χ1n) is 32.1. The SMILES string of the molecule is CC(C)(C)C1CCCC1.CC(C)(C)[N]=[W]([F])=[N]C(C)(C)C.CC(C)(C)[N]=[W]([F])=[N]C(C)(C)C.CC(C)(C)[N]=[W]([F])=[N]C(C)(C)C.CC(C)(C)[N]=[W]([F])=[N]C(C)(C)C.CC(C)C1CCCC1.CCCC1CCCC1.CCCCC1CCCC1.[CH3-].[CH3-].[CH3-].[CH3-]. The van der Waals surface area contributed by atoms with Gasteiger partial charge in [-0.2, -0.15) is 0 Å². The van der Waals surface area contributed by atoms with Gasteiger partial charge in [0.25, 0.3) is 0 Å². The van der Waals surface area contributed by atoms with Crippen LogP contribution in [0.2, 0.25) is 0 Å². The molecule has 0 aromatic rings. The van der Waals surface area contributed by atoms with Gasteiger partial charge >= 0.3 is 321 Å². The minimum Gasteiger partial charge on any atom is -0.358 e. The molecule has 4 aliphatic rings. The molecule has 8 nitrogen and oxygen atoms in total. The van der Waals surface area contributed by atoms with E-state index in [4.69, 9.17) is 0 Å². The maximum absolute atomic E-state index is 13.3. The van der Waals surface area contributed by atoms with Gasteiger partial charge in [-0.1, -0.05) is 170 Å². The van der Waals surface area contributed by atoms with Crippen LogP contribution in [0.5, 0.6) is 0 Å². The summed E-state index contributed by atoms with van der Waals surface area (Å²) in [5, 5.41) is 0. The predicted molar refractivity (Wildman–Crippen MR) is 364 cm³/mol. The summed E-state index contributed by atoms with van der Waals surface area (Å²) < 4.78 is 85.5. The van der Waals surface area contributed by atoms with Gasteiger partial charge in [0.1, 0.15) is 0 Å². The van der Waals surface area contributed by atoms with E-state index in [2.05, 4.69) is 76.4 Å². The summed E-state index contributed by atoms with van der Waals surface area (Å²) in [6.07, 6.45) is 31.2. The van der Waals surface area contributed by atoms with Gasteiger partial charge in [-0.25, -0.2) is 0 Å². The van der Waals surface area contributed by atoms with E-state index in [0.717, 1.165) is 29.6 Å². The van der Waals surface area contributed by atoms with Gasteiger partial charge < -0.3 is 29.7 Å². The Labute approximate surface area is 564 Å². The van der Waals surface area contributed by atoms with Crippen LogP contribution in [0.1, 0.15) is 349 Å². The minimum atomic E-state index is -3.22. The van der Waals surface area contributed by atoms with Crippen LogP contribution < -0.4 is 0 Å². The van der Waals surface area contributed by atoms with Crippen LogP contribution in [0, 0.1) is 64.7 Å². The number of hydrogen-bond donors (Lipinski definition) is 0. The third kappa shape index (κ3) is 81.0. The Balaban J connectivity index is -0.000000134. The Morgan fingerprint density at radius 1 is 0.314 bits per heavy atom. The van der Waals surface area contributed by atoms with Gasteiger partial charge in [0, 0.05) is 0 Å². The van der Waals surface area contributed by atoms with E-state index in [0.29, 0.717) is 5.41 Å². The van der Waals surface area contributed by atoms with Crippen molar-refractivity contribution < 1.29 is 82.5 Å². The topological polar surface area (TPSA) is 98.9 Å². The van der Waals surface area contributed by atoms with Gasteiger partial charge in [-0.3, -0.25) is 0 Å². The average Bonchev–Trinajstić information content (AvgIpc) is 4.05. The summed E-state index contributed by atoms with van der Waals surface area (Å²) in [4.78, 5) is 0. The second kappa shape index (κ2) is 50.3. The van der Waals surface area contributed by atoms with Gasteiger partial charge in [0.15, 0.2) is 0 Å². The molecule has 0 atom stereocenters. The van der Waals surface area contributed by atoms with E-state index in [1.165, 1.54) is 135 Å². The van der Waals surface area contributed by atoms with E-state index in [1.54, 1.807) is 0 Å². The molecule has 0 heterocycles. The van der Waals surface area contributed by atoms with E-state index in [-0.39, 0.29) is 74.0 Å².